The van der Waals surface area contributed by atoms with Gasteiger partial charge >= 0.3 is 0 Å². The quantitative estimate of drug-likeness (QED) is 0.899. The largest absolute Gasteiger partial charge is 0.454 e. The normalized spacial score (nSPS) is 10.4. The maximum absolute atomic E-state index is 13.6. The third-order valence-electron chi connectivity index (χ3n) is 2.36. The van der Waals surface area contributed by atoms with Crippen molar-refractivity contribution in [3.63, 3.8) is 0 Å². The minimum atomic E-state index is -0.442. The molecule has 0 unspecified atom stereocenters. The zero-order valence-corrected chi connectivity index (χ0v) is 11.6. The molecule has 0 aromatic heterocycles. The van der Waals surface area contributed by atoms with Gasteiger partial charge in [0.1, 0.15) is 5.75 Å². The SMILES string of the molecule is NCc1cc(Cl)ccc1Oc1ccc(Br)cc1F. The molecule has 0 atom stereocenters. The average molecular weight is 331 g/mol. The topological polar surface area (TPSA) is 35.2 Å². The van der Waals surface area contributed by atoms with Crippen LogP contribution in [0.1, 0.15) is 5.56 Å². The second-order valence-electron chi connectivity index (χ2n) is 3.63. The third kappa shape index (κ3) is 3.02. The number of rotatable bonds is 3. The maximum Gasteiger partial charge on any atom is 0.166 e. The van der Waals surface area contributed by atoms with Gasteiger partial charge in [0.2, 0.25) is 0 Å². The zero-order chi connectivity index (χ0) is 13.1. The predicted molar refractivity (Wildman–Crippen MR) is 73.5 cm³/mol. The van der Waals surface area contributed by atoms with Gasteiger partial charge in [0.15, 0.2) is 11.6 Å². The van der Waals surface area contributed by atoms with Gasteiger partial charge < -0.3 is 10.5 Å². The molecule has 0 amide bonds. The van der Waals surface area contributed by atoms with Crippen molar-refractivity contribution in [2.24, 2.45) is 5.73 Å². The van der Waals surface area contributed by atoms with Gasteiger partial charge in [-0.05, 0) is 36.4 Å². The predicted octanol–water partition coefficient (Wildman–Crippen LogP) is 4.49. The van der Waals surface area contributed by atoms with Crippen LogP contribution in [0.4, 0.5) is 4.39 Å². The summed E-state index contributed by atoms with van der Waals surface area (Å²) in [7, 11) is 0. The lowest BCUT2D eigenvalue weighted by atomic mass is 10.2. The van der Waals surface area contributed by atoms with E-state index in [9.17, 15) is 4.39 Å². The molecule has 2 aromatic rings. The smallest absolute Gasteiger partial charge is 0.166 e. The number of halogens is 3. The van der Waals surface area contributed by atoms with E-state index in [1.807, 2.05) is 0 Å². The molecular formula is C13H10BrClFNO. The van der Waals surface area contributed by atoms with Crippen LogP contribution in [-0.2, 0) is 6.54 Å². The summed E-state index contributed by atoms with van der Waals surface area (Å²) >= 11 is 9.05. The highest BCUT2D eigenvalue weighted by molar-refractivity contribution is 9.10. The molecule has 0 aliphatic heterocycles. The summed E-state index contributed by atoms with van der Waals surface area (Å²) in [5.74, 6) is 0.209. The van der Waals surface area contributed by atoms with Gasteiger partial charge in [-0.3, -0.25) is 0 Å². The van der Waals surface area contributed by atoms with Gasteiger partial charge in [-0.1, -0.05) is 27.5 Å². The summed E-state index contributed by atoms with van der Waals surface area (Å²) in [6.45, 7) is 0.272. The fourth-order valence-corrected chi connectivity index (χ4v) is 2.01. The molecule has 0 saturated carbocycles. The Kier molecular flexibility index (Phi) is 4.22. The molecular weight excluding hydrogens is 321 g/mol. The van der Waals surface area contributed by atoms with Crippen molar-refractivity contribution in [2.75, 3.05) is 0 Å². The second kappa shape index (κ2) is 5.69. The molecule has 0 bridgehead atoms. The minimum absolute atomic E-state index is 0.148. The molecule has 94 valence electrons. The molecule has 2 rings (SSSR count). The lowest BCUT2D eigenvalue weighted by Gasteiger charge is -2.11. The van der Waals surface area contributed by atoms with Gasteiger partial charge in [0.25, 0.3) is 0 Å². The van der Waals surface area contributed by atoms with E-state index < -0.39 is 5.82 Å². The molecule has 2 aromatic carbocycles. The molecule has 0 spiro atoms. The Bertz CT molecular complexity index is 577. The van der Waals surface area contributed by atoms with E-state index >= 15 is 0 Å². The number of nitrogens with two attached hydrogens (primary N) is 1. The van der Waals surface area contributed by atoms with Gasteiger partial charge in [-0.2, -0.15) is 0 Å². The van der Waals surface area contributed by atoms with Crippen LogP contribution in [0, 0.1) is 5.82 Å². The van der Waals surface area contributed by atoms with Crippen LogP contribution < -0.4 is 10.5 Å². The number of ether oxygens (including phenoxy) is 1. The number of hydrogen-bond donors (Lipinski definition) is 1. The van der Waals surface area contributed by atoms with Crippen molar-refractivity contribution < 1.29 is 9.13 Å². The van der Waals surface area contributed by atoms with Crippen molar-refractivity contribution >= 4 is 27.5 Å². The second-order valence-corrected chi connectivity index (χ2v) is 4.99. The monoisotopic (exact) mass is 329 g/mol. The average Bonchev–Trinajstić information content (AvgIpc) is 2.34. The minimum Gasteiger partial charge on any atom is -0.454 e. The summed E-state index contributed by atoms with van der Waals surface area (Å²) in [5, 5.41) is 0.569. The third-order valence-corrected chi connectivity index (χ3v) is 3.08. The Morgan fingerprint density at radius 2 is 1.89 bits per heavy atom. The van der Waals surface area contributed by atoms with Gasteiger partial charge in [-0.25, -0.2) is 4.39 Å². The molecule has 2 nitrogen and oxygen atoms in total. The highest BCUT2D eigenvalue weighted by atomic mass is 79.9. The van der Waals surface area contributed by atoms with Crippen LogP contribution in [0.5, 0.6) is 11.5 Å². The first-order valence-electron chi connectivity index (χ1n) is 5.21. The van der Waals surface area contributed by atoms with Crippen molar-refractivity contribution in [2.45, 2.75) is 6.54 Å². The van der Waals surface area contributed by atoms with E-state index in [0.29, 0.717) is 15.2 Å². The standard InChI is InChI=1S/C13H10BrClFNO/c14-9-1-3-13(11(16)6-9)18-12-4-2-10(15)5-8(12)7-17/h1-6H,7,17H2. The molecule has 0 aliphatic carbocycles. The van der Waals surface area contributed by atoms with Crippen LogP contribution in [-0.4, -0.2) is 0 Å². The molecule has 0 aliphatic rings. The van der Waals surface area contributed by atoms with E-state index in [0.717, 1.165) is 5.56 Å². The van der Waals surface area contributed by atoms with Crippen LogP contribution in [0.15, 0.2) is 40.9 Å². The van der Waals surface area contributed by atoms with Crippen LogP contribution in [0.25, 0.3) is 0 Å². The molecule has 0 fully saturated rings. The van der Waals surface area contributed by atoms with Crippen molar-refractivity contribution in [1.29, 1.82) is 0 Å². The van der Waals surface area contributed by atoms with Crippen LogP contribution in [0.2, 0.25) is 5.02 Å². The fraction of sp³-hybridized carbons (Fsp3) is 0.0769. The highest BCUT2D eigenvalue weighted by Crippen LogP contribution is 2.30. The van der Waals surface area contributed by atoms with Crippen LogP contribution >= 0.6 is 27.5 Å². The first-order valence-corrected chi connectivity index (χ1v) is 6.38. The Morgan fingerprint density at radius 1 is 1.17 bits per heavy atom. The van der Waals surface area contributed by atoms with E-state index in [1.54, 1.807) is 30.3 Å². The van der Waals surface area contributed by atoms with Crippen molar-refractivity contribution in [1.82, 2.24) is 0 Å². The number of benzene rings is 2. The summed E-state index contributed by atoms with van der Waals surface area (Å²) in [4.78, 5) is 0. The Morgan fingerprint density at radius 3 is 2.56 bits per heavy atom. The number of hydrogen-bond acceptors (Lipinski definition) is 2. The molecule has 2 N–H and O–H groups in total. The van der Waals surface area contributed by atoms with E-state index in [-0.39, 0.29) is 12.3 Å². The summed E-state index contributed by atoms with van der Waals surface area (Å²) in [6.07, 6.45) is 0. The first-order chi connectivity index (χ1) is 8.60. The van der Waals surface area contributed by atoms with E-state index in [4.69, 9.17) is 22.1 Å². The summed E-state index contributed by atoms with van der Waals surface area (Å²) < 4.78 is 19.8. The Labute approximate surface area is 118 Å². The lowest BCUT2D eigenvalue weighted by Crippen LogP contribution is -2.00. The van der Waals surface area contributed by atoms with Gasteiger partial charge in [-0.15, -0.1) is 0 Å². The van der Waals surface area contributed by atoms with Crippen molar-refractivity contribution in [3.8, 4) is 11.5 Å². The van der Waals surface area contributed by atoms with Crippen LogP contribution in [0.3, 0.4) is 0 Å². The molecule has 0 saturated heterocycles. The summed E-state index contributed by atoms with van der Waals surface area (Å²) in [6, 6.07) is 9.64. The van der Waals surface area contributed by atoms with Gasteiger partial charge in [0.05, 0.1) is 0 Å². The molecule has 0 heterocycles. The fourth-order valence-electron chi connectivity index (χ4n) is 1.48. The Balaban J connectivity index is 2.33. The van der Waals surface area contributed by atoms with Crippen molar-refractivity contribution in [3.05, 3.63) is 57.3 Å². The van der Waals surface area contributed by atoms with E-state index in [2.05, 4.69) is 15.9 Å². The summed E-state index contributed by atoms with van der Waals surface area (Å²) in [5.41, 5.74) is 6.32. The Hall–Kier alpha value is -1.10. The highest BCUT2D eigenvalue weighted by Gasteiger charge is 2.08. The maximum atomic E-state index is 13.6. The van der Waals surface area contributed by atoms with E-state index in [1.165, 1.54) is 6.07 Å². The van der Waals surface area contributed by atoms with Gasteiger partial charge in [0, 0.05) is 21.6 Å². The molecule has 18 heavy (non-hydrogen) atoms. The molecule has 0 radical (unpaired) electrons. The zero-order valence-electron chi connectivity index (χ0n) is 9.29. The first kappa shape index (κ1) is 13.3. The molecule has 5 heteroatoms. The lowest BCUT2D eigenvalue weighted by molar-refractivity contribution is 0.437.